The molecule has 2 heterocycles. The van der Waals surface area contributed by atoms with Crippen LogP contribution in [-0.2, 0) is 6.54 Å². The van der Waals surface area contributed by atoms with Gasteiger partial charge in [-0.1, -0.05) is 29.8 Å². The van der Waals surface area contributed by atoms with E-state index >= 15 is 0 Å². The Kier molecular flexibility index (Phi) is 4.61. The fourth-order valence-corrected chi connectivity index (χ4v) is 2.87. The maximum Gasteiger partial charge on any atom is 0.251 e. The van der Waals surface area contributed by atoms with E-state index in [1.165, 1.54) is 5.56 Å². The van der Waals surface area contributed by atoms with Gasteiger partial charge in [-0.15, -0.1) is 0 Å². The lowest BCUT2D eigenvalue weighted by atomic mass is 10.1. The third-order valence-electron chi connectivity index (χ3n) is 4.20. The van der Waals surface area contributed by atoms with Crippen molar-refractivity contribution in [3.05, 3.63) is 77.5 Å². The van der Waals surface area contributed by atoms with E-state index in [9.17, 15) is 4.79 Å². The van der Waals surface area contributed by atoms with Gasteiger partial charge in [0.15, 0.2) is 11.5 Å². The van der Waals surface area contributed by atoms with E-state index in [-0.39, 0.29) is 12.7 Å². The highest BCUT2D eigenvalue weighted by atomic mass is 16.7. The lowest BCUT2D eigenvalue weighted by Gasteiger charge is -2.09. The summed E-state index contributed by atoms with van der Waals surface area (Å²) < 4.78 is 10.7. The normalized spacial score (nSPS) is 11.9. The summed E-state index contributed by atoms with van der Waals surface area (Å²) in [6.07, 6.45) is 1.61. The zero-order valence-corrected chi connectivity index (χ0v) is 14.9. The number of hydrogen-bond acceptors (Lipinski definition) is 5. The Morgan fingerprint density at radius 1 is 1.07 bits per heavy atom. The Morgan fingerprint density at radius 2 is 1.96 bits per heavy atom. The number of fused-ring (bicyclic) bond motifs is 1. The van der Waals surface area contributed by atoms with Crippen LogP contribution in [-0.4, -0.2) is 17.7 Å². The number of aromatic nitrogens is 1. The van der Waals surface area contributed by atoms with Crippen LogP contribution in [0.1, 0.15) is 21.5 Å². The van der Waals surface area contributed by atoms with Crippen molar-refractivity contribution in [2.24, 2.45) is 0 Å². The highest BCUT2D eigenvalue weighted by Gasteiger charge is 2.14. The number of carbonyl (C=O) groups excluding carboxylic acids is 1. The van der Waals surface area contributed by atoms with Crippen LogP contribution in [0.25, 0.3) is 0 Å². The molecule has 6 heteroatoms. The predicted octanol–water partition coefficient (Wildman–Crippen LogP) is 3.79. The van der Waals surface area contributed by atoms with E-state index < -0.39 is 0 Å². The second-order valence-corrected chi connectivity index (χ2v) is 6.29. The molecule has 1 amide bonds. The number of aryl methyl sites for hydroxylation is 1. The molecule has 4 rings (SSSR count). The predicted molar refractivity (Wildman–Crippen MR) is 102 cm³/mol. The standard InChI is InChI=1S/C21H19N3O3/c1-14-3-2-4-15(9-14)12-23-21(25)16-7-8-22-20(10-16)24-17-5-6-18-19(11-17)27-13-26-18/h2-11H,12-13H2,1H3,(H,22,24)(H,23,25). The van der Waals surface area contributed by atoms with Crippen LogP contribution >= 0.6 is 0 Å². The number of pyridine rings is 1. The van der Waals surface area contributed by atoms with E-state index in [0.29, 0.717) is 23.7 Å². The zero-order valence-electron chi connectivity index (χ0n) is 14.9. The molecule has 0 aliphatic carbocycles. The molecule has 1 aliphatic rings. The van der Waals surface area contributed by atoms with Crippen LogP contribution in [0.5, 0.6) is 11.5 Å². The number of rotatable bonds is 5. The minimum atomic E-state index is -0.146. The lowest BCUT2D eigenvalue weighted by Crippen LogP contribution is -2.22. The van der Waals surface area contributed by atoms with Crippen LogP contribution in [0.2, 0.25) is 0 Å². The number of nitrogens with one attached hydrogen (secondary N) is 2. The molecule has 0 fully saturated rings. The number of anilines is 2. The summed E-state index contributed by atoms with van der Waals surface area (Å²) >= 11 is 0. The van der Waals surface area contributed by atoms with Crippen LogP contribution in [0.3, 0.4) is 0 Å². The number of nitrogens with zero attached hydrogens (tertiary/aromatic N) is 1. The van der Waals surface area contributed by atoms with Crippen LogP contribution in [0.15, 0.2) is 60.8 Å². The van der Waals surface area contributed by atoms with E-state index in [2.05, 4.69) is 21.7 Å². The van der Waals surface area contributed by atoms with E-state index in [0.717, 1.165) is 17.0 Å². The lowest BCUT2D eigenvalue weighted by molar-refractivity contribution is 0.0951. The molecule has 0 unspecified atom stereocenters. The Hall–Kier alpha value is -3.54. The summed E-state index contributed by atoms with van der Waals surface area (Å²) in [6, 6.07) is 17.0. The summed E-state index contributed by atoms with van der Waals surface area (Å²) in [5.41, 5.74) is 3.59. The minimum Gasteiger partial charge on any atom is -0.454 e. The molecule has 0 bridgehead atoms. The number of carbonyl (C=O) groups is 1. The monoisotopic (exact) mass is 361 g/mol. The van der Waals surface area contributed by atoms with Crippen molar-refractivity contribution in [1.82, 2.24) is 10.3 Å². The first-order valence-corrected chi connectivity index (χ1v) is 8.64. The smallest absolute Gasteiger partial charge is 0.251 e. The van der Waals surface area contributed by atoms with Gasteiger partial charge in [-0.25, -0.2) is 4.98 Å². The Bertz CT molecular complexity index is 988. The molecule has 1 aliphatic heterocycles. The van der Waals surface area contributed by atoms with Crippen molar-refractivity contribution in [2.75, 3.05) is 12.1 Å². The van der Waals surface area contributed by atoms with Gasteiger partial charge < -0.3 is 20.1 Å². The van der Waals surface area contributed by atoms with Gasteiger partial charge in [-0.2, -0.15) is 0 Å². The van der Waals surface area contributed by atoms with Gasteiger partial charge in [0.1, 0.15) is 5.82 Å². The molecule has 3 aromatic rings. The molecule has 0 saturated heterocycles. The van der Waals surface area contributed by atoms with Gasteiger partial charge in [0.05, 0.1) is 0 Å². The average molecular weight is 361 g/mol. The van der Waals surface area contributed by atoms with Crippen LogP contribution < -0.4 is 20.1 Å². The molecule has 2 aromatic carbocycles. The third kappa shape index (κ3) is 4.00. The number of ether oxygens (including phenoxy) is 2. The third-order valence-corrected chi connectivity index (χ3v) is 4.20. The molecule has 27 heavy (non-hydrogen) atoms. The SMILES string of the molecule is Cc1cccc(CNC(=O)c2ccnc(Nc3ccc4c(c3)OCO4)c2)c1. The Balaban J connectivity index is 1.43. The second kappa shape index (κ2) is 7.37. The van der Waals surface area contributed by atoms with Gasteiger partial charge in [0.2, 0.25) is 6.79 Å². The Labute approximate surface area is 157 Å². The molecule has 1 aromatic heterocycles. The average Bonchev–Trinajstić information content (AvgIpc) is 3.14. The first-order valence-electron chi connectivity index (χ1n) is 8.64. The van der Waals surface area contributed by atoms with E-state index in [4.69, 9.17) is 9.47 Å². The van der Waals surface area contributed by atoms with Crippen molar-refractivity contribution < 1.29 is 14.3 Å². The maximum atomic E-state index is 12.5. The van der Waals surface area contributed by atoms with Gasteiger partial charge >= 0.3 is 0 Å². The maximum absolute atomic E-state index is 12.5. The summed E-state index contributed by atoms with van der Waals surface area (Å²) in [5.74, 6) is 1.84. The van der Waals surface area contributed by atoms with Crippen molar-refractivity contribution >= 4 is 17.4 Å². The van der Waals surface area contributed by atoms with Gasteiger partial charge in [-0.05, 0) is 36.8 Å². The molecule has 0 atom stereocenters. The van der Waals surface area contributed by atoms with Gasteiger partial charge in [-0.3, -0.25) is 4.79 Å². The molecular formula is C21H19N3O3. The van der Waals surface area contributed by atoms with E-state index in [1.807, 2.05) is 43.3 Å². The second-order valence-electron chi connectivity index (χ2n) is 6.29. The summed E-state index contributed by atoms with van der Waals surface area (Å²) in [4.78, 5) is 16.7. The largest absolute Gasteiger partial charge is 0.454 e. The first-order chi connectivity index (χ1) is 13.2. The van der Waals surface area contributed by atoms with Gasteiger partial charge in [0.25, 0.3) is 5.91 Å². The molecule has 0 radical (unpaired) electrons. The summed E-state index contributed by atoms with van der Waals surface area (Å²) in [7, 11) is 0. The highest BCUT2D eigenvalue weighted by Crippen LogP contribution is 2.34. The van der Waals surface area contributed by atoms with Crippen molar-refractivity contribution in [3.63, 3.8) is 0 Å². The molecule has 2 N–H and O–H groups in total. The molecular weight excluding hydrogens is 342 g/mol. The molecule has 6 nitrogen and oxygen atoms in total. The quantitative estimate of drug-likeness (QED) is 0.723. The topological polar surface area (TPSA) is 72.5 Å². The summed E-state index contributed by atoms with van der Waals surface area (Å²) in [6.45, 7) is 2.74. The number of amides is 1. The van der Waals surface area contributed by atoms with E-state index in [1.54, 1.807) is 18.3 Å². The molecule has 0 saturated carbocycles. The number of benzene rings is 2. The first kappa shape index (κ1) is 16.9. The minimum absolute atomic E-state index is 0.146. The fourth-order valence-electron chi connectivity index (χ4n) is 2.87. The summed E-state index contributed by atoms with van der Waals surface area (Å²) in [5, 5.41) is 6.12. The highest BCUT2D eigenvalue weighted by molar-refractivity contribution is 5.94. The Morgan fingerprint density at radius 3 is 2.85 bits per heavy atom. The zero-order chi connectivity index (χ0) is 18.6. The molecule has 0 spiro atoms. The van der Waals surface area contributed by atoms with Crippen molar-refractivity contribution in [3.8, 4) is 11.5 Å². The van der Waals surface area contributed by atoms with Crippen molar-refractivity contribution in [2.45, 2.75) is 13.5 Å². The van der Waals surface area contributed by atoms with Crippen molar-refractivity contribution in [1.29, 1.82) is 0 Å². The number of hydrogen-bond donors (Lipinski definition) is 2. The van der Waals surface area contributed by atoms with Crippen LogP contribution in [0.4, 0.5) is 11.5 Å². The van der Waals surface area contributed by atoms with Gasteiger partial charge in [0, 0.05) is 30.1 Å². The molecule has 136 valence electrons. The van der Waals surface area contributed by atoms with Crippen LogP contribution in [0, 0.1) is 6.92 Å². The fraction of sp³-hybridized carbons (Fsp3) is 0.143.